The standard InChI is InChI=1S/C20H21N3O4/c1-3-4-9-23-19(25)14-7-5-12(10-15(14)20(23)26)18(24)22-17-11-13(27-2)6-8-16(17)21/h5-8,10-11H,3-4,9,21H2,1-2H3,(H,22,24). The summed E-state index contributed by atoms with van der Waals surface area (Å²) in [5.41, 5.74) is 7.54. The molecule has 3 N–H and O–H groups in total. The summed E-state index contributed by atoms with van der Waals surface area (Å²) >= 11 is 0. The van der Waals surface area contributed by atoms with E-state index in [0.717, 1.165) is 12.8 Å². The molecule has 27 heavy (non-hydrogen) atoms. The summed E-state index contributed by atoms with van der Waals surface area (Å²) in [7, 11) is 1.52. The summed E-state index contributed by atoms with van der Waals surface area (Å²) in [6.07, 6.45) is 1.62. The van der Waals surface area contributed by atoms with E-state index in [1.807, 2.05) is 6.92 Å². The maximum Gasteiger partial charge on any atom is 0.261 e. The number of carbonyl (C=O) groups excluding carboxylic acids is 3. The lowest BCUT2D eigenvalue weighted by Gasteiger charge is -2.12. The van der Waals surface area contributed by atoms with Crippen LogP contribution in [0.25, 0.3) is 0 Å². The molecular formula is C20H21N3O4. The van der Waals surface area contributed by atoms with Crippen molar-refractivity contribution in [3.8, 4) is 5.75 Å². The van der Waals surface area contributed by atoms with Crippen LogP contribution in [-0.4, -0.2) is 36.3 Å². The maximum absolute atomic E-state index is 12.6. The number of anilines is 2. The van der Waals surface area contributed by atoms with Crippen LogP contribution in [0.4, 0.5) is 11.4 Å². The van der Waals surface area contributed by atoms with Crippen molar-refractivity contribution in [3.63, 3.8) is 0 Å². The summed E-state index contributed by atoms with van der Waals surface area (Å²) in [5, 5.41) is 2.71. The topological polar surface area (TPSA) is 102 Å². The van der Waals surface area contributed by atoms with Crippen molar-refractivity contribution >= 4 is 29.1 Å². The van der Waals surface area contributed by atoms with E-state index in [1.54, 1.807) is 18.2 Å². The lowest BCUT2D eigenvalue weighted by molar-refractivity contribution is 0.0652. The van der Waals surface area contributed by atoms with Gasteiger partial charge in [-0.2, -0.15) is 0 Å². The predicted molar refractivity (Wildman–Crippen MR) is 102 cm³/mol. The summed E-state index contributed by atoms with van der Waals surface area (Å²) < 4.78 is 5.13. The van der Waals surface area contributed by atoms with Crippen LogP contribution in [0.15, 0.2) is 36.4 Å². The molecule has 0 spiro atoms. The van der Waals surface area contributed by atoms with Crippen molar-refractivity contribution in [3.05, 3.63) is 53.1 Å². The Balaban J connectivity index is 1.84. The zero-order valence-electron chi connectivity index (χ0n) is 15.2. The van der Waals surface area contributed by atoms with Gasteiger partial charge in [0.25, 0.3) is 17.7 Å². The molecule has 3 amide bonds. The SMILES string of the molecule is CCCCN1C(=O)c2ccc(C(=O)Nc3cc(OC)ccc3N)cc2C1=O. The largest absolute Gasteiger partial charge is 0.497 e. The minimum absolute atomic E-state index is 0.252. The van der Waals surface area contributed by atoms with Crippen molar-refractivity contribution in [1.82, 2.24) is 4.90 Å². The molecule has 0 bridgehead atoms. The Morgan fingerprint density at radius 2 is 1.85 bits per heavy atom. The van der Waals surface area contributed by atoms with E-state index in [1.165, 1.54) is 30.2 Å². The van der Waals surface area contributed by atoms with E-state index in [2.05, 4.69) is 5.32 Å². The Labute approximate surface area is 157 Å². The lowest BCUT2D eigenvalue weighted by atomic mass is 10.1. The molecule has 0 unspecified atom stereocenters. The second-order valence-corrected chi connectivity index (χ2v) is 6.28. The number of nitrogen functional groups attached to an aromatic ring is 1. The fraction of sp³-hybridized carbons (Fsp3) is 0.250. The van der Waals surface area contributed by atoms with Crippen LogP contribution < -0.4 is 15.8 Å². The highest BCUT2D eigenvalue weighted by Gasteiger charge is 2.35. The van der Waals surface area contributed by atoms with E-state index in [-0.39, 0.29) is 22.9 Å². The number of nitrogens with two attached hydrogens (primary N) is 1. The van der Waals surface area contributed by atoms with Gasteiger partial charge >= 0.3 is 0 Å². The minimum atomic E-state index is -0.426. The number of amides is 3. The number of imide groups is 1. The molecule has 0 fully saturated rings. The highest BCUT2D eigenvalue weighted by Crippen LogP contribution is 2.27. The number of rotatable bonds is 6. The van der Waals surface area contributed by atoms with Gasteiger partial charge in [-0.05, 0) is 36.8 Å². The van der Waals surface area contributed by atoms with E-state index in [0.29, 0.717) is 29.2 Å². The number of benzene rings is 2. The number of hydrogen-bond acceptors (Lipinski definition) is 5. The average molecular weight is 367 g/mol. The first-order chi connectivity index (χ1) is 13.0. The zero-order valence-corrected chi connectivity index (χ0v) is 15.2. The highest BCUT2D eigenvalue weighted by molar-refractivity contribution is 6.22. The van der Waals surface area contributed by atoms with Crippen LogP contribution in [-0.2, 0) is 0 Å². The molecule has 2 aromatic carbocycles. The molecule has 0 atom stereocenters. The lowest BCUT2D eigenvalue weighted by Crippen LogP contribution is -2.30. The van der Waals surface area contributed by atoms with Gasteiger partial charge < -0.3 is 15.8 Å². The Hall–Kier alpha value is -3.35. The van der Waals surface area contributed by atoms with E-state index in [4.69, 9.17) is 10.5 Å². The number of nitrogens with zero attached hydrogens (tertiary/aromatic N) is 1. The van der Waals surface area contributed by atoms with Gasteiger partial charge in [-0.1, -0.05) is 13.3 Å². The number of fused-ring (bicyclic) bond motifs is 1. The predicted octanol–water partition coefficient (Wildman–Crippen LogP) is 2.93. The number of nitrogens with one attached hydrogen (secondary N) is 1. The van der Waals surface area contributed by atoms with Crippen molar-refractivity contribution in [2.75, 3.05) is 24.7 Å². The molecule has 0 radical (unpaired) electrons. The molecular weight excluding hydrogens is 346 g/mol. The third-order valence-electron chi connectivity index (χ3n) is 4.48. The Morgan fingerprint density at radius 3 is 2.56 bits per heavy atom. The van der Waals surface area contributed by atoms with Gasteiger partial charge in [0.05, 0.1) is 29.6 Å². The molecule has 0 aliphatic carbocycles. The Kier molecular flexibility index (Phi) is 5.12. The van der Waals surface area contributed by atoms with E-state index >= 15 is 0 Å². The summed E-state index contributed by atoms with van der Waals surface area (Å²) in [6, 6.07) is 9.43. The fourth-order valence-corrected chi connectivity index (χ4v) is 2.92. The van der Waals surface area contributed by atoms with Gasteiger partial charge in [-0.3, -0.25) is 19.3 Å². The molecule has 1 heterocycles. The molecule has 3 rings (SSSR count). The van der Waals surface area contributed by atoms with Gasteiger partial charge in [0, 0.05) is 18.2 Å². The molecule has 140 valence electrons. The van der Waals surface area contributed by atoms with Crippen molar-refractivity contribution in [2.24, 2.45) is 0 Å². The fourth-order valence-electron chi connectivity index (χ4n) is 2.92. The first-order valence-corrected chi connectivity index (χ1v) is 8.71. The summed E-state index contributed by atoms with van der Waals surface area (Å²) in [4.78, 5) is 38.7. The monoisotopic (exact) mass is 367 g/mol. The first-order valence-electron chi connectivity index (χ1n) is 8.71. The number of ether oxygens (including phenoxy) is 1. The van der Waals surface area contributed by atoms with Crippen LogP contribution >= 0.6 is 0 Å². The van der Waals surface area contributed by atoms with Crippen LogP contribution in [0, 0.1) is 0 Å². The van der Waals surface area contributed by atoms with Gasteiger partial charge in [0.1, 0.15) is 5.75 Å². The third kappa shape index (κ3) is 3.48. The maximum atomic E-state index is 12.6. The first kappa shape index (κ1) is 18.4. The average Bonchev–Trinajstić information content (AvgIpc) is 2.91. The molecule has 1 aliphatic heterocycles. The minimum Gasteiger partial charge on any atom is -0.497 e. The van der Waals surface area contributed by atoms with Gasteiger partial charge in [-0.15, -0.1) is 0 Å². The number of unbranched alkanes of at least 4 members (excludes halogenated alkanes) is 1. The van der Waals surface area contributed by atoms with Crippen LogP contribution in [0.1, 0.15) is 50.8 Å². The Bertz CT molecular complexity index is 923. The van der Waals surface area contributed by atoms with E-state index in [9.17, 15) is 14.4 Å². The van der Waals surface area contributed by atoms with Crippen LogP contribution in [0.2, 0.25) is 0 Å². The van der Waals surface area contributed by atoms with Gasteiger partial charge in [-0.25, -0.2) is 0 Å². The van der Waals surface area contributed by atoms with Gasteiger partial charge in [0.15, 0.2) is 0 Å². The quantitative estimate of drug-likeness (QED) is 0.604. The van der Waals surface area contributed by atoms with Gasteiger partial charge in [0.2, 0.25) is 0 Å². The second-order valence-electron chi connectivity index (χ2n) is 6.28. The third-order valence-corrected chi connectivity index (χ3v) is 4.48. The van der Waals surface area contributed by atoms with Crippen LogP contribution in [0.3, 0.4) is 0 Å². The molecule has 2 aromatic rings. The van der Waals surface area contributed by atoms with Crippen molar-refractivity contribution in [1.29, 1.82) is 0 Å². The van der Waals surface area contributed by atoms with Crippen molar-refractivity contribution in [2.45, 2.75) is 19.8 Å². The molecule has 0 aromatic heterocycles. The number of carbonyl (C=O) groups is 3. The summed E-state index contributed by atoms with van der Waals surface area (Å²) in [5.74, 6) is -0.544. The second kappa shape index (κ2) is 7.49. The normalized spacial score (nSPS) is 12.9. The van der Waals surface area contributed by atoms with Crippen molar-refractivity contribution < 1.29 is 19.1 Å². The molecule has 7 heteroatoms. The van der Waals surface area contributed by atoms with Crippen LogP contribution in [0.5, 0.6) is 5.75 Å². The molecule has 7 nitrogen and oxygen atoms in total. The smallest absolute Gasteiger partial charge is 0.261 e. The number of methoxy groups -OCH3 is 1. The molecule has 1 aliphatic rings. The Morgan fingerprint density at radius 1 is 1.11 bits per heavy atom. The molecule has 0 saturated heterocycles. The zero-order chi connectivity index (χ0) is 19.6. The van der Waals surface area contributed by atoms with E-state index < -0.39 is 5.91 Å². The highest BCUT2D eigenvalue weighted by atomic mass is 16.5. The molecule has 0 saturated carbocycles. The summed E-state index contributed by atoms with van der Waals surface area (Å²) in [6.45, 7) is 2.37. The number of hydrogen-bond donors (Lipinski definition) is 2.